The van der Waals surface area contributed by atoms with E-state index in [9.17, 15) is 4.79 Å². The number of rotatable bonds is 4. The van der Waals surface area contributed by atoms with Gasteiger partial charge in [0.15, 0.2) is 0 Å². The Kier molecular flexibility index (Phi) is 5.00. The summed E-state index contributed by atoms with van der Waals surface area (Å²) >= 11 is 3.42. The molecule has 0 atom stereocenters. The summed E-state index contributed by atoms with van der Waals surface area (Å²) in [7, 11) is 1.82. The largest absolute Gasteiger partial charge is 0.376 e. The summed E-state index contributed by atoms with van der Waals surface area (Å²) in [6.45, 7) is 6.35. The lowest BCUT2D eigenvalue weighted by atomic mass is 10.2. The number of halogens is 1. The third-order valence-electron chi connectivity index (χ3n) is 2.79. The van der Waals surface area contributed by atoms with Crippen LogP contribution in [-0.2, 0) is 4.79 Å². The van der Waals surface area contributed by atoms with Crippen LogP contribution in [0.1, 0.15) is 19.4 Å². The average molecular weight is 299 g/mol. The van der Waals surface area contributed by atoms with Gasteiger partial charge in [0.2, 0.25) is 5.91 Å². The number of amides is 1. The molecule has 1 rings (SSSR count). The summed E-state index contributed by atoms with van der Waals surface area (Å²) in [6, 6.07) is 6.20. The van der Waals surface area contributed by atoms with Crippen molar-refractivity contribution in [1.82, 2.24) is 4.90 Å². The van der Waals surface area contributed by atoms with Crippen molar-refractivity contribution >= 4 is 27.5 Å². The maximum Gasteiger partial charge on any atom is 0.241 e. The average Bonchev–Trinajstić information content (AvgIpc) is 2.26. The summed E-state index contributed by atoms with van der Waals surface area (Å²) < 4.78 is 1.05. The first-order valence-corrected chi connectivity index (χ1v) is 6.46. The number of hydrogen-bond acceptors (Lipinski definition) is 2. The molecule has 0 spiro atoms. The molecular formula is C13H19BrN2O. The number of likely N-dealkylation sites (N-methyl/N-ethyl adjacent to an activating group) is 1. The molecule has 0 radical (unpaired) electrons. The number of benzene rings is 1. The standard InChI is InChI=1S/C13H19BrN2O/c1-9(2)16(4)13(17)8-15-12-6-5-11(14)7-10(12)3/h5-7,9,15H,8H2,1-4H3. The molecule has 1 aromatic carbocycles. The van der Waals surface area contributed by atoms with E-state index >= 15 is 0 Å². The van der Waals surface area contributed by atoms with Gasteiger partial charge in [0.05, 0.1) is 6.54 Å². The Morgan fingerprint density at radius 2 is 2.12 bits per heavy atom. The van der Waals surface area contributed by atoms with Crippen molar-refractivity contribution in [1.29, 1.82) is 0 Å². The van der Waals surface area contributed by atoms with Crippen LogP contribution in [0, 0.1) is 6.92 Å². The number of carbonyl (C=O) groups is 1. The molecule has 0 saturated carbocycles. The van der Waals surface area contributed by atoms with E-state index in [0.29, 0.717) is 6.54 Å². The predicted octanol–water partition coefficient (Wildman–Crippen LogP) is 3.04. The zero-order valence-corrected chi connectivity index (χ0v) is 12.3. The molecule has 1 N–H and O–H groups in total. The Hall–Kier alpha value is -1.03. The van der Waals surface area contributed by atoms with Gasteiger partial charge in [-0.05, 0) is 44.5 Å². The fourth-order valence-electron chi connectivity index (χ4n) is 1.41. The van der Waals surface area contributed by atoms with Gasteiger partial charge in [0, 0.05) is 23.2 Å². The highest BCUT2D eigenvalue weighted by atomic mass is 79.9. The number of nitrogens with one attached hydrogen (secondary N) is 1. The molecular weight excluding hydrogens is 280 g/mol. The van der Waals surface area contributed by atoms with E-state index in [1.165, 1.54) is 0 Å². The number of anilines is 1. The van der Waals surface area contributed by atoms with E-state index in [1.807, 2.05) is 46.0 Å². The van der Waals surface area contributed by atoms with Crippen molar-refractivity contribution in [3.8, 4) is 0 Å². The second-order valence-corrected chi connectivity index (χ2v) is 5.33. The SMILES string of the molecule is Cc1cc(Br)ccc1NCC(=O)N(C)C(C)C. The first kappa shape index (κ1) is 14.0. The zero-order chi connectivity index (χ0) is 13.0. The maximum absolute atomic E-state index is 11.8. The Morgan fingerprint density at radius 1 is 1.47 bits per heavy atom. The lowest BCUT2D eigenvalue weighted by Crippen LogP contribution is -2.37. The number of carbonyl (C=O) groups excluding carboxylic acids is 1. The van der Waals surface area contributed by atoms with Crippen LogP contribution in [0.4, 0.5) is 5.69 Å². The molecule has 4 heteroatoms. The molecule has 0 aliphatic heterocycles. The van der Waals surface area contributed by atoms with E-state index in [-0.39, 0.29) is 11.9 Å². The molecule has 0 unspecified atom stereocenters. The first-order valence-electron chi connectivity index (χ1n) is 5.67. The molecule has 1 aromatic rings. The van der Waals surface area contributed by atoms with Gasteiger partial charge in [-0.1, -0.05) is 15.9 Å². The van der Waals surface area contributed by atoms with Crippen LogP contribution in [-0.4, -0.2) is 30.4 Å². The van der Waals surface area contributed by atoms with Crippen molar-refractivity contribution in [2.75, 3.05) is 18.9 Å². The van der Waals surface area contributed by atoms with Crippen LogP contribution < -0.4 is 5.32 Å². The molecule has 0 heterocycles. The molecule has 0 aromatic heterocycles. The molecule has 0 aliphatic rings. The van der Waals surface area contributed by atoms with E-state index < -0.39 is 0 Å². The highest BCUT2D eigenvalue weighted by Gasteiger charge is 2.11. The van der Waals surface area contributed by atoms with E-state index in [2.05, 4.69) is 21.2 Å². The summed E-state index contributed by atoms with van der Waals surface area (Å²) in [5.74, 6) is 0.0994. The highest BCUT2D eigenvalue weighted by molar-refractivity contribution is 9.10. The minimum atomic E-state index is 0.0994. The summed E-state index contributed by atoms with van der Waals surface area (Å²) in [6.07, 6.45) is 0. The summed E-state index contributed by atoms with van der Waals surface area (Å²) in [4.78, 5) is 13.5. The van der Waals surface area contributed by atoms with Crippen molar-refractivity contribution in [3.05, 3.63) is 28.2 Å². The van der Waals surface area contributed by atoms with E-state index in [4.69, 9.17) is 0 Å². The number of hydrogen-bond donors (Lipinski definition) is 1. The van der Waals surface area contributed by atoms with Crippen molar-refractivity contribution in [2.24, 2.45) is 0 Å². The van der Waals surface area contributed by atoms with Gasteiger partial charge in [-0.2, -0.15) is 0 Å². The van der Waals surface area contributed by atoms with Crippen LogP contribution in [0.2, 0.25) is 0 Å². The van der Waals surface area contributed by atoms with Gasteiger partial charge in [-0.3, -0.25) is 4.79 Å². The monoisotopic (exact) mass is 298 g/mol. The molecule has 94 valence electrons. The molecule has 1 amide bonds. The van der Waals surface area contributed by atoms with Crippen molar-refractivity contribution < 1.29 is 4.79 Å². The fraction of sp³-hybridized carbons (Fsp3) is 0.462. The van der Waals surface area contributed by atoms with Crippen molar-refractivity contribution in [3.63, 3.8) is 0 Å². The summed E-state index contributed by atoms with van der Waals surface area (Å²) in [5.41, 5.74) is 2.12. The number of nitrogens with zero attached hydrogens (tertiary/aromatic N) is 1. The number of aryl methyl sites for hydroxylation is 1. The zero-order valence-electron chi connectivity index (χ0n) is 10.7. The Morgan fingerprint density at radius 3 is 2.65 bits per heavy atom. The van der Waals surface area contributed by atoms with Crippen molar-refractivity contribution in [2.45, 2.75) is 26.8 Å². The maximum atomic E-state index is 11.8. The molecule has 0 saturated heterocycles. The van der Waals surface area contributed by atoms with Gasteiger partial charge in [0.1, 0.15) is 0 Å². The van der Waals surface area contributed by atoms with Gasteiger partial charge in [0.25, 0.3) is 0 Å². The lowest BCUT2D eigenvalue weighted by molar-refractivity contribution is -0.129. The van der Waals surface area contributed by atoms with Gasteiger partial charge < -0.3 is 10.2 Å². The minimum absolute atomic E-state index is 0.0994. The first-order chi connectivity index (χ1) is 7.91. The van der Waals surface area contributed by atoms with Gasteiger partial charge in [-0.15, -0.1) is 0 Å². The molecule has 0 bridgehead atoms. The van der Waals surface area contributed by atoms with Gasteiger partial charge in [-0.25, -0.2) is 0 Å². The van der Waals surface area contributed by atoms with Crippen LogP contribution in [0.15, 0.2) is 22.7 Å². The molecule has 3 nitrogen and oxygen atoms in total. The third-order valence-corrected chi connectivity index (χ3v) is 3.28. The fourth-order valence-corrected chi connectivity index (χ4v) is 1.88. The van der Waals surface area contributed by atoms with Crippen LogP contribution >= 0.6 is 15.9 Å². The second kappa shape index (κ2) is 6.05. The van der Waals surface area contributed by atoms with Crippen LogP contribution in [0.5, 0.6) is 0 Å². The predicted molar refractivity (Wildman–Crippen MR) is 75.3 cm³/mol. The van der Waals surface area contributed by atoms with E-state index in [1.54, 1.807) is 4.90 Å². The topological polar surface area (TPSA) is 32.3 Å². The molecule has 17 heavy (non-hydrogen) atoms. The Balaban J connectivity index is 2.59. The Bertz CT molecular complexity index is 404. The lowest BCUT2D eigenvalue weighted by Gasteiger charge is -2.22. The minimum Gasteiger partial charge on any atom is -0.376 e. The normalized spacial score (nSPS) is 10.5. The van der Waals surface area contributed by atoms with Gasteiger partial charge >= 0.3 is 0 Å². The third kappa shape index (κ3) is 4.04. The smallest absolute Gasteiger partial charge is 0.241 e. The second-order valence-electron chi connectivity index (χ2n) is 4.41. The molecule has 0 fully saturated rings. The van der Waals surface area contributed by atoms with Crippen LogP contribution in [0.25, 0.3) is 0 Å². The highest BCUT2D eigenvalue weighted by Crippen LogP contribution is 2.19. The van der Waals surface area contributed by atoms with Crippen LogP contribution in [0.3, 0.4) is 0 Å². The molecule has 0 aliphatic carbocycles. The summed E-state index contributed by atoms with van der Waals surface area (Å²) in [5, 5.41) is 3.16. The van der Waals surface area contributed by atoms with E-state index in [0.717, 1.165) is 15.7 Å². The Labute approximate surface area is 111 Å². The quantitative estimate of drug-likeness (QED) is 0.927.